The lowest BCUT2D eigenvalue weighted by Crippen LogP contribution is -1.95. The van der Waals surface area contributed by atoms with Crippen LogP contribution in [0.5, 0.6) is 5.88 Å². The topological polar surface area (TPSA) is 35.0 Å². The molecule has 0 fully saturated rings. The van der Waals surface area contributed by atoms with Crippen LogP contribution in [0.2, 0.25) is 0 Å². The van der Waals surface area contributed by atoms with Gasteiger partial charge in [-0.2, -0.15) is 4.98 Å². The van der Waals surface area contributed by atoms with Crippen molar-refractivity contribution in [1.29, 1.82) is 0 Å². The summed E-state index contributed by atoms with van der Waals surface area (Å²) in [6.07, 6.45) is 0. The van der Waals surface area contributed by atoms with Crippen molar-refractivity contribution in [3.63, 3.8) is 0 Å². The van der Waals surface area contributed by atoms with Gasteiger partial charge in [-0.1, -0.05) is 44.2 Å². The molecule has 2 rings (SSSR count). The molecule has 2 aromatic rings. The number of hydrogen-bond donors (Lipinski definition) is 0. The Kier molecular flexibility index (Phi) is 5.14. The largest absolute Gasteiger partial charge is 0.481 e. The van der Waals surface area contributed by atoms with Gasteiger partial charge in [0.2, 0.25) is 5.88 Å². The molecule has 1 aromatic heterocycles. The molecule has 0 atom stereocenters. The third kappa shape index (κ3) is 3.55. The van der Waals surface area contributed by atoms with Gasteiger partial charge in [-0.3, -0.25) is 0 Å². The van der Waals surface area contributed by atoms with E-state index in [1.165, 1.54) is 0 Å². The van der Waals surface area contributed by atoms with E-state index in [0.29, 0.717) is 11.7 Å². The Morgan fingerprint density at radius 3 is 2.24 bits per heavy atom. The Bertz CT molecular complexity index is 455. The predicted octanol–water partition coefficient (Wildman–Crippen LogP) is 3.49. The van der Waals surface area contributed by atoms with Crippen LogP contribution in [0.15, 0.2) is 36.4 Å². The SMILES string of the molecule is CC.COc1cc(C)nc(-c2ccccc2)n1. The molecule has 0 aliphatic carbocycles. The van der Waals surface area contributed by atoms with E-state index in [1.807, 2.05) is 57.2 Å². The molecule has 0 aliphatic heterocycles. The normalized spacial score (nSPS) is 9.18. The highest BCUT2D eigenvalue weighted by Crippen LogP contribution is 2.17. The summed E-state index contributed by atoms with van der Waals surface area (Å²) < 4.78 is 5.11. The molecule has 0 unspecified atom stereocenters. The van der Waals surface area contributed by atoms with E-state index in [-0.39, 0.29) is 0 Å². The Balaban J connectivity index is 0.000000686. The maximum atomic E-state index is 5.11. The van der Waals surface area contributed by atoms with Crippen LogP contribution >= 0.6 is 0 Å². The van der Waals surface area contributed by atoms with Gasteiger partial charge < -0.3 is 4.74 Å². The van der Waals surface area contributed by atoms with Crippen LogP contribution < -0.4 is 4.74 Å². The Morgan fingerprint density at radius 1 is 1.00 bits per heavy atom. The van der Waals surface area contributed by atoms with Crippen molar-refractivity contribution in [2.75, 3.05) is 7.11 Å². The molecule has 0 bridgehead atoms. The minimum absolute atomic E-state index is 0.598. The van der Waals surface area contributed by atoms with E-state index < -0.39 is 0 Å². The molecule has 3 heteroatoms. The van der Waals surface area contributed by atoms with Crippen LogP contribution in [0.25, 0.3) is 11.4 Å². The monoisotopic (exact) mass is 230 g/mol. The van der Waals surface area contributed by atoms with E-state index in [4.69, 9.17) is 4.74 Å². The number of rotatable bonds is 2. The first kappa shape index (κ1) is 13.2. The fourth-order valence-corrected chi connectivity index (χ4v) is 1.36. The highest BCUT2D eigenvalue weighted by Gasteiger charge is 2.03. The molecule has 0 spiro atoms. The minimum Gasteiger partial charge on any atom is -0.481 e. The van der Waals surface area contributed by atoms with Gasteiger partial charge in [-0.25, -0.2) is 4.98 Å². The average molecular weight is 230 g/mol. The number of ether oxygens (including phenoxy) is 1. The molecule has 0 radical (unpaired) electrons. The molecular weight excluding hydrogens is 212 g/mol. The first-order chi connectivity index (χ1) is 8.29. The first-order valence-corrected chi connectivity index (χ1v) is 5.74. The van der Waals surface area contributed by atoms with Crippen molar-refractivity contribution in [2.24, 2.45) is 0 Å². The smallest absolute Gasteiger partial charge is 0.216 e. The molecule has 0 amide bonds. The van der Waals surface area contributed by atoms with Crippen molar-refractivity contribution in [3.05, 3.63) is 42.1 Å². The third-order valence-electron chi connectivity index (χ3n) is 2.07. The molecule has 1 aromatic carbocycles. The Labute approximate surface area is 103 Å². The number of hydrogen-bond acceptors (Lipinski definition) is 3. The molecular formula is C14H18N2O. The fraction of sp³-hybridized carbons (Fsp3) is 0.286. The van der Waals surface area contributed by atoms with Gasteiger partial charge in [0.15, 0.2) is 5.82 Å². The first-order valence-electron chi connectivity index (χ1n) is 5.74. The lowest BCUT2D eigenvalue weighted by atomic mass is 10.2. The highest BCUT2D eigenvalue weighted by atomic mass is 16.5. The quantitative estimate of drug-likeness (QED) is 0.792. The second-order valence-corrected chi connectivity index (χ2v) is 3.24. The summed E-state index contributed by atoms with van der Waals surface area (Å²) in [6, 6.07) is 11.7. The van der Waals surface area contributed by atoms with Crippen LogP contribution in [0.4, 0.5) is 0 Å². The fourth-order valence-electron chi connectivity index (χ4n) is 1.36. The number of nitrogens with zero attached hydrogens (tertiary/aromatic N) is 2. The summed E-state index contributed by atoms with van der Waals surface area (Å²) in [5.74, 6) is 1.30. The molecule has 1 heterocycles. The lowest BCUT2D eigenvalue weighted by Gasteiger charge is -2.04. The molecule has 0 saturated heterocycles. The highest BCUT2D eigenvalue weighted by molar-refractivity contribution is 5.55. The van der Waals surface area contributed by atoms with Crippen molar-refractivity contribution in [1.82, 2.24) is 9.97 Å². The van der Waals surface area contributed by atoms with Crippen molar-refractivity contribution in [2.45, 2.75) is 20.8 Å². The van der Waals surface area contributed by atoms with Crippen LogP contribution in [0.3, 0.4) is 0 Å². The van der Waals surface area contributed by atoms with E-state index in [9.17, 15) is 0 Å². The third-order valence-corrected chi connectivity index (χ3v) is 2.07. The van der Waals surface area contributed by atoms with Gasteiger partial charge in [-0.05, 0) is 6.92 Å². The average Bonchev–Trinajstić information content (AvgIpc) is 2.41. The van der Waals surface area contributed by atoms with Gasteiger partial charge in [0.25, 0.3) is 0 Å². The van der Waals surface area contributed by atoms with Crippen LogP contribution in [-0.2, 0) is 0 Å². The zero-order valence-electron chi connectivity index (χ0n) is 10.8. The summed E-state index contributed by atoms with van der Waals surface area (Å²) in [4.78, 5) is 8.65. The zero-order valence-corrected chi connectivity index (χ0v) is 10.8. The Hall–Kier alpha value is -1.90. The maximum Gasteiger partial charge on any atom is 0.216 e. The van der Waals surface area contributed by atoms with E-state index in [2.05, 4.69) is 9.97 Å². The molecule has 17 heavy (non-hydrogen) atoms. The summed E-state index contributed by atoms with van der Waals surface area (Å²) in [5.41, 5.74) is 1.90. The minimum atomic E-state index is 0.598. The number of aromatic nitrogens is 2. The zero-order chi connectivity index (χ0) is 12.7. The van der Waals surface area contributed by atoms with Crippen LogP contribution in [0.1, 0.15) is 19.5 Å². The molecule has 0 aliphatic rings. The number of aryl methyl sites for hydroxylation is 1. The van der Waals surface area contributed by atoms with Crippen LogP contribution in [0, 0.1) is 6.92 Å². The van der Waals surface area contributed by atoms with Gasteiger partial charge >= 0.3 is 0 Å². The standard InChI is InChI=1S/C12H12N2O.C2H6/c1-9-8-11(15-2)14-12(13-9)10-6-4-3-5-7-10;1-2/h3-8H,1-2H3;1-2H3. The van der Waals surface area contributed by atoms with E-state index in [0.717, 1.165) is 11.3 Å². The van der Waals surface area contributed by atoms with Crippen molar-refractivity contribution >= 4 is 0 Å². The van der Waals surface area contributed by atoms with Crippen molar-refractivity contribution in [3.8, 4) is 17.3 Å². The summed E-state index contributed by atoms with van der Waals surface area (Å²) in [6.45, 7) is 5.93. The maximum absolute atomic E-state index is 5.11. The summed E-state index contributed by atoms with van der Waals surface area (Å²) in [7, 11) is 1.61. The molecule has 0 saturated carbocycles. The number of methoxy groups -OCH3 is 1. The summed E-state index contributed by atoms with van der Waals surface area (Å²) in [5, 5.41) is 0. The van der Waals surface area contributed by atoms with Gasteiger partial charge in [-0.15, -0.1) is 0 Å². The predicted molar refractivity (Wildman–Crippen MR) is 70.1 cm³/mol. The number of benzene rings is 1. The van der Waals surface area contributed by atoms with Gasteiger partial charge in [0.1, 0.15) is 0 Å². The van der Waals surface area contributed by atoms with Crippen LogP contribution in [-0.4, -0.2) is 17.1 Å². The molecule has 3 nitrogen and oxygen atoms in total. The summed E-state index contributed by atoms with van der Waals surface area (Å²) >= 11 is 0. The van der Waals surface area contributed by atoms with E-state index in [1.54, 1.807) is 7.11 Å². The van der Waals surface area contributed by atoms with E-state index >= 15 is 0 Å². The second-order valence-electron chi connectivity index (χ2n) is 3.24. The van der Waals surface area contributed by atoms with Gasteiger partial charge in [0.05, 0.1) is 7.11 Å². The second kappa shape index (κ2) is 6.63. The van der Waals surface area contributed by atoms with Crippen molar-refractivity contribution < 1.29 is 4.74 Å². The Morgan fingerprint density at radius 2 is 1.65 bits per heavy atom. The molecule has 0 N–H and O–H groups in total. The molecule has 90 valence electrons. The van der Waals surface area contributed by atoms with Gasteiger partial charge in [0, 0.05) is 17.3 Å². The lowest BCUT2D eigenvalue weighted by molar-refractivity contribution is 0.397.